The molecule has 0 atom stereocenters. The second-order valence-electron chi connectivity index (χ2n) is 4.40. The summed E-state index contributed by atoms with van der Waals surface area (Å²) in [6.45, 7) is 5.05. The Morgan fingerprint density at radius 1 is 1.06 bits per heavy atom. The minimum absolute atomic E-state index is 0.255. The first-order valence-electron chi connectivity index (χ1n) is 6.11. The van der Waals surface area contributed by atoms with Gasteiger partial charge < -0.3 is 18.9 Å². The zero-order valence-corrected chi connectivity index (χ0v) is 12.2. The lowest BCUT2D eigenvalue weighted by molar-refractivity contribution is -0.0416. The van der Waals surface area contributed by atoms with Crippen molar-refractivity contribution in [3.63, 3.8) is 0 Å². The molecule has 0 amide bonds. The van der Waals surface area contributed by atoms with Crippen molar-refractivity contribution in [2.24, 2.45) is 5.41 Å². The van der Waals surface area contributed by atoms with E-state index in [1.54, 1.807) is 7.11 Å². The summed E-state index contributed by atoms with van der Waals surface area (Å²) in [7, 11) is 1.67. The van der Waals surface area contributed by atoms with Gasteiger partial charge in [0.25, 0.3) is 0 Å². The molecule has 102 valence electrons. The van der Waals surface area contributed by atoms with Crippen LogP contribution in [0.25, 0.3) is 0 Å². The van der Waals surface area contributed by atoms with Crippen molar-refractivity contribution in [3.05, 3.63) is 0 Å². The predicted octanol–water partition coefficient (Wildman–Crippen LogP) is 1.86. The third-order valence-electron chi connectivity index (χ3n) is 3.05. The molecule has 0 radical (unpaired) electrons. The van der Waals surface area contributed by atoms with E-state index in [9.17, 15) is 0 Å². The number of alkyl halides is 1. The number of hydrogen-bond acceptors (Lipinski definition) is 4. The van der Waals surface area contributed by atoms with Gasteiger partial charge in [-0.25, -0.2) is 0 Å². The Bertz CT molecular complexity index is 183. The fourth-order valence-corrected chi connectivity index (χ4v) is 2.49. The van der Waals surface area contributed by atoms with Gasteiger partial charge in [-0.05, 0) is 12.8 Å². The summed E-state index contributed by atoms with van der Waals surface area (Å²) in [4.78, 5) is 0. The van der Waals surface area contributed by atoms with Gasteiger partial charge in [-0.1, -0.05) is 15.9 Å². The van der Waals surface area contributed by atoms with Crippen LogP contribution in [0.5, 0.6) is 0 Å². The van der Waals surface area contributed by atoms with Crippen LogP contribution < -0.4 is 0 Å². The van der Waals surface area contributed by atoms with Gasteiger partial charge in [0.15, 0.2) is 0 Å². The lowest BCUT2D eigenvalue weighted by atomic mass is 9.83. The highest BCUT2D eigenvalue weighted by molar-refractivity contribution is 9.09. The number of rotatable bonds is 9. The topological polar surface area (TPSA) is 36.9 Å². The van der Waals surface area contributed by atoms with Crippen molar-refractivity contribution < 1.29 is 18.9 Å². The molecular weight excluding hydrogens is 288 g/mol. The van der Waals surface area contributed by atoms with Crippen LogP contribution in [0.4, 0.5) is 0 Å². The molecule has 0 N–H and O–H groups in total. The Labute approximate surface area is 112 Å². The van der Waals surface area contributed by atoms with Crippen LogP contribution in [0, 0.1) is 5.41 Å². The second-order valence-corrected chi connectivity index (χ2v) is 4.96. The Hall–Kier alpha value is 0.320. The van der Waals surface area contributed by atoms with Crippen LogP contribution >= 0.6 is 15.9 Å². The Morgan fingerprint density at radius 3 is 2.35 bits per heavy atom. The predicted molar refractivity (Wildman–Crippen MR) is 69.8 cm³/mol. The molecule has 1 rings (SSSR count). The third kappa shape index (κ3) is 6.15. The fraction of sp³-hybridized carbons (Fsp3) is 1.00. The Kier molecular flexibility index (Phi) is 8.39. The zero-order chi connectivity index (χ0) is 12.4. The van der Waals surface area contributed by atoms with E-state index in [2.05, 4.69) is 15.9 Å². The minimum atomic E-state index is 0.255. The SMILES string of the molecule is COCCOCCOCC1(CBr)CCOCC1. The third-order valence-corrected chi connectivity index (χ3v) is 4.24. The van der Waals surface area contributed by atoms with E-state index in [0.717, 1.165) is 38.0 Å². The first-order valence-corrected chi connectivity index (χ1v) is 7.23. The zero-order valence-electron chi connectivity index (χ0n) is 10.6. The maximum Gasteiger partial charge on any atom is 0.0701 e. The van der Waals surface area contributed by atoms with Crippen LogP contribution in [0.1, 0.15) is 12.8 Å². The van der Waals surface area contributed by atoms with Gasteiger partial charge in [0, 0.05) is 31.1 Å². The number of hydrogen-bond donors (Lipinski definition) is 0. The molecule has 4 nitrogen and oxygen atoms in total. The van der Waals surface area contributed by atoms with Crippen LogP contribution in [0.2, 0.25) is 0 Å². The molecule has 0 aliphatic carbocycles. The van der Waals surface area contributed by atoms with E-state index in [0.29, 0.717) is 26.4 Å². The van der Waals surface area contributed by atoms with Gasteiger partial charge in [-0.15, -0.1) is 0 Å². The monoisotopic (exact) mass is 310 g/mol. The lowest BCUT2D eigenvalue weighted by Gasteiger charge is -2.35. The van der Waals surface area contributed by atoms with Crippen molar-refractivity contribution in [2.45, 2.75) is 12.8 Å². The first kappa shape index (κ1) is 15.4. The van der Waals surface area contributed by atoms with Gasteiger partial charge in [0.05, 0.1) is 33.0 Å². The van der Waals surface area contributed by atoms with Crippen LogP contribution in [0.15, 0.2) is 0 Å². The highest BCUT2D eigenvalue weighted by Crippen LogP contribution is 2.32. The van der Waals surface area contributed by atoms with Crippen molar-refractivity contribution in [1.82, 2.24) is 0 Å². The lowest BCUT2D eigenvalue weighted by Crippen LogP contribution is -2.36. The van der Waals surface area contributed by atoms with E-state index in [-0.39, 0.29) is 5.41 Å². The van der Waals surface area contributed by atoms with Crippen LogP contribution in [-0.4, -0.2) is 58.7 Å². The molecule has 0 saturated carbocycles. The van der Waals surface area contributed by atoms with Crippen molar-refractivity contribution >= 4 is 15.9 Å². The summed E-state index contributed by atoms with van der Waals surface area (Å²) in [6.07, 6.45) is 2.14. The van der Waals surface area contributed by atoms with Crippen molar-refractivity contribution in [2.75, 3.05) is 58.7 Å². The molecular formula is C12H23BrO4. The van der Waals surface area contributed by atoms with Crippen LogP contribution in [-0.2, 0) is 18.9 Å². The highest BCUT2D eigenvalue weighted by atomic mass is 79.9. The quantitative estimate of drug-likeness (QED) is 0.481. The van der Waals surface area contributed by atoms with E-state index in [1.807, 2.05) is 0 Å². The molecule has 0 bridgehead atoms. The van der Waals surface area contributed by atoms with Crippen LogP contribution in [0.3, 0.4) is 0 Å². The molecule has 1 heterocycles. The normalized spacial score (nSPS) is 19.4. The van der Waals surface area contributed by atoms with Gasteiger partial charge in [-0.3, -0.25) is 0 Å². The first-order chi connectivity index (χ1) is 8.33. The molecule has 0 aromatic heterocycles. The van der Waals surface area contributed by atoms with E-state index in [4.69, 9.17) is 18.9 Å². The minimum Gasteiger partial charge on any atom is -0.382 e. The molecule has 0 unspecified atom stereocenters. The molecule has 0 spiro atoms. The van der Waals surface area contributed by atoms with Gasteiger partial charge in [0.2, 0.25) is 0 Å². The maximum atomic E-state index is 5.70. The van der Waals surface area contributed by atoms with E-state index >= 15 is 0 Å². The van der Waals surface area contributed by atoms with E-state index in [1.165, 1.54) is 0 Å². The standard InChI is InChI=1S/C12H23BrO4/c1-14-6-7-16-8-9-17-11-12(10-13)2-4-15-5-3-12/h2-11H2,1H3. The smallest absolute Gasteiger partial charge is 0.0701 e. The molecule has 1 fully saturated rings. The van der Waals surface area contributed by atoms with Gasteiger partial charge >= 0.3 is 0 Å². The van der Waals surface area contributed by atoms with Crippen molar-refractivity contribution in [1.29, 1.82) is 0 Å². The van der Waals surface area contributed by atoms with Crippen molar-refractivity contribution in [3.8, 4) is 0 Å². The van der Waals surface area contributed by atoms with Gasteiger partial charge in [-0.2, -0.15) is 0 Å². The summed E-state index contributed by atoms with van der Waals surface area (Å²) in [5.41, 5.74) is 0.255. The second kappa shape index (κ2) is 9.28. The Morgan fingerprint density at radius 2 is 1.71 bits per heavy atom. The molecule has 1 aliphatic heterocycles. The maximum absolute atomic E-state index is 5.70. The molecule has 5 heteroatoms. The molecule has 17 heavy (non-hydrogen) atoms. The highest BCUT2D eigenvalue weighted by Gasteiger charge is 2.31. The average Bonchev–Trinajstić information content (AvgIpc) is 2.39. The number of halogens is 1. The summed E-state index contributed by atoms with van der Waals surface area (Å²) in [5, 5.41) is 0.980. The molecule has 0 aromatic rings. The molecule has 1 saturated heterocycles. The van der Waals surface area contributed by atoms with E-state index < -0.39 is 0 Å². The summed E-state index contributed by atoms with van der Waals surface area (Å²) < 4.78 is 21.3. The molecule has 1 aliphatic rings. The average molecular weight is 311 g/mol. The number of ether oxygens (including phenoxy) is 4. The number of methoxy groups -OCH3 is 1. The summed E-state index contributed by atoms with van der Waals surface area (Å²) >= 11 is 3.59. The van der Waals surface area contributed by atoms with Gasteiger partial charge in [0.1, 0.15) is 0 Å². The largest absolute Gasteiger partial charge is 0.382 e. The molecule has 0 aromatic carbocycles. The summed E-state index contributed by atoms with van der Waals surface area (Å²) in [5.74, 6) is 0. The summed E-state index contributed by atoms with van der Waals surface area (Å²) in [6, 6.07) is 0. The Balaban J connectivity index is 2.03. The fourth-order valence-electron chi connectivity index (χ4n) is 1.77.